The molecule has 0 bridgehead atoms. The molecule has 1 atom stereocenters. The van der Waals surface area contributed by atoms with Crippen molar-refractivity contribution in [1.29, 1.82) is 0 Å². The van der Waals surface area contributed by atoms with Gasteiger partial charge in [0.15, 0.2) is 0 Å². The highest BCUT2D eigenvalue weighted by molar-refractivity contribution is 6.76. The zero-order chi connectivity index (χ0) is 12.1. The van der Waals surface area contributed by atoms with Gasteiger partial charge in [-0.05, 0) is 18.4 Å². The molecule has 0 aromatic rings. The summed E-state index contributed by atoms with van der Waals surface area (Å²) in [6.07, 6.45) is 0.700. The van der Waals surface area contributed by atoms with Gasteiger partial charge in [-0.3, -0.25) is 4.79 Å². The van der Waals surface area contributed by atoms with E-state index in [9.17, 15) is 4.79 Å². The van der Waals surface area contributed by atoms with E-state index >= 15 is 0 Å². The minimum atomic E-state index is -1.11. The standard InChI is InChI=1S/C11H25NO2Si/c1-9(2)8-10(12)11(13)14-6-7-15(3,4)5/h9-10H,6-8,12H2,1-5H3/t10-/m0/s1. The molecule has 0 saturated heterocycles. The molecular formula is C11H25NO2Si. The molecule has 0 saturated carbocycles. The normalized spacial score (nSPS) is 14.1. The first-order valence-corrected chi connectivity index (χ1v) is 9.35. The van der Waals surface area contributed by atoms with Gasteiger partial charge in [0, 0.05) is 8.07 Å². The molecule has 0 unspecified atom stereocenters. The molecule has 0 aromatic carbocycles. The molecule has 0 spiro atoms. The molecule has 0 radical (unpaired) electrons. The molecule has 0 aromatic heterocycles. The van der Waals surface area contributed by atoms with E-state index in [1.54, 1.807) is 0 Å². The average molecular weight is 231 g/mol. The van der Waals surface area contributed by atoms with Crippen LogP contribution < -0.4 is 5.73 Å². The average Bonchev–Trinajstić information content (AvgIpc) is 2.00. The van der Waals surface area contributed by atoms with Gasteiger partial charge >= 0.3 is 5.97 Å². The molecule has 0 aliphatic carbocycles. The van der Waals surface area contributed by atoms with Crippen LogP contribution in [0.3, 0.4) is 0 Å². The summed E-state index contributed by atoms with van der Waals surface area (Å²) in [5, 5.41) is 0. The first kappa shape index (κ1) is 14.6. The second-order valence-corrected chi connectivity index (χ2v) is 11.3. The van der Waals surface area contributed by atoms with Gasteiger partial charge in [0.1, 0.15) is 6.04 Å². The van der Waals surface area contributed by atoms with E-state index in [2.05, 4.69) is 33.5 Å². The summed E-state index contributed by atoms with van der Waals surface area (Å²) in [7, 11) is -1.11. The largest absolute Gasteiger partial charge is 0.465 e. The lowest BCUT2D eigenvalue weighted by Crippen LogP contribution is -2.34. The number of nitrogens with two attached hydrogens (primary N) is 1. The zero-order valence-electron chi connectivity index (χ0n) is 10.7. The van der Waals surface area contributed by atoms with Crippen molar-refractivity contribution in [2.75, 3.05) is 6.61 Å². The van der Waals surface area contributed by atoms with E-state index < -0.39 is 14.1 Å². The summed E-state index contributed by atoms with van der Waals surface area (Å²) in [5.74, 6) is 0.187. The van der Waals surface area contributed by atoms with Crippen LogP contribution in [-0.4, -0.2) is 26.7 Å². The molecule has 3 nitrogen and oxygen atoms in total. The number of ether oxygens (including phenoxy) is 1. The van der Waals surface area contributed by atoms with Crippen LogP contribution in [0.2, 0.25) is 25.7 Å². The van der Waals surface area contributed by atoms with Gasteiger partial charge < -0.3 is 10.5 Å². The molecule has 4 heteroatoms. The van der Waals surface area contributed by atoms with E-state index in [4.69, 9.17) is 10.5 Å². The summed E-state index contributed by atoms with van der Waals surface area (Å²) in [6.45, 7) is 11.4. The quantitative estimate of drug-likeness (QED) is 0.563. The maximum Gasteiger partial charge on any atom is 0.322 e. The van der Waals surface area contributed by atoms with Crippen molar-refractivity contribution in [3.63, 3.8) is 0 Å². The lowest BCUT2D eigenvalue weighted by Gasteiger charge is -2.17. The third kappa shape index (κ3) is 8.63. The van der Waals surface area contributed by atoms with Gasteiger partial charge in [0.25, 0.3) is 0 Å². The lowest BCUT2D eigenvalue weighted by atomic mass is 10.1. The number of carbonyl (C=O) groups excluding carboxylic acids is 1. The van der Waals surface area contributed by atoms with Gasteiger partial charge in [-0.2, -0.15) is 0 Å². The Bertz CT molecular complexity index is 199. The van der Waals surface area contributed by atoms with Crippen molar-refractivity contribution in [3.8, 4) is 0 Å². The minimum Gasteiger partial charge on any atom is -0.465 e. The number of esters is 1. The molecule has 0 amide bonds. The summed E-state index contributed by atoms with van der Waals surface area (Å²) >= 11 is 0. The smallest absolute Gasteiger partial charge is 0.322 e. The van der Waals surface area contributed by atoms with Crippen molar-refractivity contribution >= 4 is 14.0 Å². The van der Waals surface area contributed by atoms with Gasteiger partial charge in [-0.25, -0.2) is 0 Å². The summed E-state index contributed by atoms with van der Waals surface area (Å²) in [4.78, 5) is 11.4. The monoisotopic (exact) mass is 231 g/mol. The molecule has 2 N–H and O–H groups in total. The Labute approximate surface area is 94.4 Å². The van der Waals surface area contributed by atoms with E-state index in [0.717, 1.165) is 6.04 Å². The van der Waals surface area contributed by atoms with Crippen molar-refractivity contribution in [2.24, 2.45) is 11.7 Å². The molecule has 0 fully saturated rings. The van der Waals surface area contributed by atoms with Crippen molar-refractivity contribution < 1.29 is 9.53 Å². The molecule has 0 rings (SSSR count). The first-order chi connectivity index (χ1) is 6.72. The Hall–Kier alpha value is -0.353. The Kier molecular flexibility index (Phi) is 6.13. The Morgan fingerprint density at radius 2 is 1.87 bits per heavy atom. The van der Waals surface area contributed by atoms with E-state index in [1.165, 1.54) is 0 Å². The summed E-state index contributed by atoms with van der Waals surface area (Å²) in [6, 6.07) is 0.555. The highest BCUT2D eigenvalue weighted by Crippen LogP contribution is 2.09. The zero-order valence-corrected chi connectivity index (χ0v) is 11.7. The van der Waals surface area contributed by atoms with Gasteiger partial charge in [-0.1, -0.05) is 33.5 Å². The molecule has 0 aliphatic rings. The predicted octanol–water partition coefficient (Wildman–Crippen LogP) is 2.24. The fraction of sp³-hybridized carbons (Fsp3) is 0.909. The third-order valence-corrected chi connectivity index (χ3v) is 3.83. The number of carbonyl (C=O) groups is 1. The maximum absolute atomic E-state index is 11.4. The highest BCUT2D eigenvalue weighted by Gasteiger charge is 2.18. The van der Waals surface area contributed by atoms with Crippen LogP contribution in [0.5, 0.6) is 0 Å². The number of hydrogen-bond donors (Lipinski definition) is 1. The van der Waals surface area contributed by atoms with Crippen molar-refractivity contribution in [1.82, 2.24) is 0 Å². The van der Waals surface area contributed by atoms with Crippen LogP contribution in [0.4, 0.5) is 0 Å². The highest BCUT2D eigenvalue weighted by atomic mass is 28.3. The van der Waals surface area contributed by atoms with Gasteiger partial charge in [0.2, 0.25) is 0 Å². The van der Waals surface area contributed by atoms with Crippen molar-refractivity contribution in [2.45, 2.75) is 52.0 Å². The number of hydrogen-bond acceptors (Lipinski definition) is 3. The van der Waals surface area contributed by atoms with Gasteiger partial charge in [-0.15, -0.1) is 0 Å². The van der Waals surface area contributed by atoms with Crippen LogP contribution in [-0.2, 0) is 9.53 Å². The first-order valence-electron chi connectivity index (χ1n) is 5.64. The van der Waals surface area contributed by atoms with Crippen LogP contribution in [0.15, 0.2) is 0 Å². The Morgan fingerprint density at radius 3 is 2.27 bits per heavy atom. The van der Waals surface area contributed by atoms with Crippen LogP contribution >= 0.6 is 0 Å². The number of rotatable bonds is 6. The minimum absolute atomic E-state index is 0.248. The Morgan fingerprint density at radius 1 is 1.33 bits per heavy atom. The second kappa shape index (κ2) is 6.28. The van der Waals surface area contributed by atoms with E-state index in [0.29, 0.717) is 18.9 Å². The molecule has 0 heterocycles. The fourth-order valence-electron chi connectivity index (χ4n) is 1.17. The molecular weight excluding hydrogens is 206 g/mol. The van der Waals surface area contributed by atoms with Crippen LogP contribution in [0, 0.1) is 5.92 Å². The van der Waals surface area contributed by atoms with E-state index in [-0.39, 0.29) is 5.97 Å². The molecule has 0 aliphatic heterocycles. The lowest BCUT2D eigenvalue weighted by molar-refractivity contribution is -0.145. The summed E-state index contributed by atoms with van der Waals surface area (Å²) < 4.78 is 5.15. The fourth-order valence-corrected chi connectivity index (χ4v) is 1.88. The topological polar surface area (TPSA) is 52.3 Å². The maximum atomic E-state index is 11.4. The summed E-state index contributed by atoms with van der Waals surface area (Å²) in [5.41, 5.74) is 5.70. The molecule has 90 valence electrons. The second-order valence-electron chi connectivity index (χ2n) is 5.71. The SMILES string of the molecule is CC(C)C[C@H](N)C(=O)OCC[Si](C)(C)C. The van der Waals surface area contributed by atoms with Crippen LogP contribution in [0.1, 0.15) is 20.3 Å². The molecule has 15 heavy (non-hydrogen) atoms. The third-order valence-electron chi connectivity index (χ3n) is 2.12. The predicted molar refractivity (Wildman–Crippen MR) is 66.5 cm³/mol. The van der Waals surface area contributed by atoms with Gasteiger partial charge in [0.05, 0.1) is 6.61 Å². The van der Waals surface area contributed by atoms with Crippen LogP contribution in [0.25, 0.3) is 0 Å². The Balaban J connectivity index is 3.74. The van der Waals surface area contributed by atoms with Crippen molar-refractivity contribution in [3.05, 3.63) is 0 Å². The van der Waals surface area contributed by atoms with E-state index in [1.807, 2.05) is 0 Å².